The molecular weight excluding hydrogens is 518 g/mol. The number of allylic oxidation sites excluding steroid dienone is 1. The standard InChI is InChI=1S/C26H31N7O3.C3H8.C2H4/c1-36-26(35)31-17-23(34)33-15-5-8-22(33)25-30-16-21(32-25)19-11-9-18(10-12-19)6-2-3-13-29-24(27)20-7-4-14-28-20;1-3-2;1-2/h3,9-13,16,20,22,28H,4-5,7-8,14-15,17H2,1H3,(H2,27,29)(H,30,32)(H,31,35);3H2,1-2H3;1-2H2/b13-3+;;/t20?,22-;;/m0../s1. The zero-order valence-electron chi connectivity index (χ0n) is 24.4. The number of hydrogen-bond acceptors (Lipinski definition) is 6. The Morgan fingerprint density at radius 2 is 1.98 bits per heavy atom. The number of methoxy groups -OCH3 is 1. The number of ether oxygens (including phenoxy) is 1. The summed E-state index contributed by atoms with van der Waals surface area (Å²) in [5.41, 5.74) is 8.69. The number of hydrogen-bond donors (Lipinski definition) is 4. The average Bonchev–Trinajstić information content (AvgIpc) is 3.79. The van der Waals surface area contributed by atoms with Gasteiger partial charge in [-0.2, -0.15) is 0 Å². The summed E-state index contributed by atoms with van der Waals surface area (Å²) in [6.07, 6.45) is 9.54. The highest BCUT2D eigenvalue weighted by atomic mass is 16.5. The maximum Gasteiger partial charge on any atom is 0.407 e. The number of aliphatic imine (C=N–C) groups is 1. The number of imidazole rings is 1. The van der Waals surface area contributed by atoms with E-state index in [4.69, 9.17) is 5.73 Å². The van der Waals surface area contributed by atoms with Crippen LogP contribution in [-0.4, -0.2) is 65.5 Å². The first-order valence-electron chi connectivity index (χ1n) is 14.0. The highest BCUT2D eigenvalue weighted by molar-refractivity contribution is 5.86. The van der Waals surface area contributed by atoms with E-state index < -0.39 is 6.09 Å². The lowest BCUT2D eigenvalue weighted by molar-refractivity contribution is -0.131. The Morgan fingerprint density at radius 1 is 1.24 bits per heavy atom. The molecule has 0 bridgehead atoms. The van der Waals surface area contributed by atoms with Gasteiger partial charge in [0.15, 0.2) is 0 Å². The highest BCUT2D eigenvalue weighted by Crippen LogP contribution is 2.31. The number of amides is 2. The number of benzene rings is 1. The Hall–Kier alpha value is -4.36. The SMILES string of the molecule is C=C.CCC.COC(=O)NCC(=O)N1CCC[C@H]1c1ncc(-c2ccc(C#C/C=C/N=C(N)C3CCCN3)cc2)[nH]1. The highest BCUT2D eigenvalue weighted by Gasteiger charge is 2.32. The normalized spacial score (nSPS) is 17.9. The van der Waals surface area contributed by atoms with Gasteiger partial charge in [-0.25, -0.2) is 14.8 Å². The first kappa shape index (κ1) is 32.8. The molecule has 0 aliphatic carbocycles. The minimum absolute atomic E-state index is 0.105. The molecule has 10 nitrogen and oxygen atoms in total. The molecule has 10 heteroatoms. The molecule has 4 rings (SSSR count). The van der Waals surface area contributed by atoms with E-state index in [1.165, 1.54) is 13.5 Å². The number of amidine groups is 1. The molecular formula is C31H43N7O3. The monoisotopic (exact) mass is 561 g/mol. The number of aromatic nitrogens is 2. The molecule has 2 aliphatic rings. The summed E-state index contributed by atoms with van der Waals surface area (Å²) in [5.74, 6) is 7.23. The van der Waals surface area contributed by atoms with E-state index in [2.05, 4.69) is 69.2 Å². The Morgan fingerprint density at radius 3 is 2.63 bits per heavy atom. The maximum atomic E-state index is 12.6. The molecule has 0 radical (unpaired) electrons. The summed E-state index contributed by atoms with van der Waals surface area (Å²) in [4.78, 5) is 37.7. The lowest BCUT2D eigenvalue weighted by atomic mass is 10.1. The molecule has 2 saturated heterocycles. The van der Waals surface area contributed by atoms with Crippen molar-refractivity contribution in [2.75, 3.05) is 26.7 Å². The van der Waals surface area contributed by atoms with Gasteiger partial charge in [-0.05, 0) is 49.9 Å². The van der Waals surface area contributed by atoms with E-state index >= 15 is 0 Å². The van der Waals surface area contributed by atoms with Crippen molar-refractivity contribution in [3.05, 3.63) is 67.3 Å². The number of likely N-dealkylation sites (tertiary alicyclic amines) is 1. The third kappa shape index (κ3) is 10.3. The smallest absolute Gasteiger partial charge is 0.407 e. The molecule has 2 aliphatic heterocycles. The van der Waals surface area contributed by atoms with E-state index in [1.807, 2.05) is 24.3 Å². The Labute approximate surface area is 243 Å². The number of nitrogens with one attached hydrogen (secondary N) is 3. The van der Waals surface area contributed by atoms with Gasteiger partial charge in [0.05, 0.1) is 31.1 Å². The fourth-order valence-electron chi connectivity index (χ4n) is 4.37. The van der Waals surface area contributed by atoms with Gasteiger partial charge in [-0.3, -0.25) is 4.79 Å². The predicted octanol–water partition coefficient (Wildman–Crippen LogP) is 4.29. The summed E-state index contributed by atoms with van der Waals surface area (Å²) in [5, 5.41) is 5.75. The summed E-state index contributed by atoms with van der Waals surface area (Å²) in [6.45, 7) is 11.8. The van der Waals surface area contributed by atoms with Gasteiger partial charge in [0.25, 0.3) is 0 Å². The third-order valence-electron chi connectivity index (χ3n) is 6.26. The number of nitrogens with two attached hydrogens (primary N) is 1. The molecule has 5 N–H and O–H groups in total. The zero-order chi connectivity index (χ0) is 30.0. The van der Waals surface area contributed by atoms with Crippen molar-refractivity contribution in [1.82, 2.24) is 25.5 Å². The van der Waals surface area contributed by atoms with Crippen LogP contribution in [0.3, 0.4) is 0 Å². The van der Waals surface area contributed by atoms with Crippen molar-refractivity contribution in [2.24, 2.45) is 10.7 Å². The van der Waals surface area contributed by atoms with E-state index in [0.717, 1.165) is 54.9 Å². The van der Waals surface area contributed by atoms with Gasteiger partial charge in [0.2, 0.25) is 5.91 Å². The molecule has 41 heavy (non-hydrogen) atoms. The first-order chi connectivity index (χ1) is 20.0. The fraction of sp³-hybridized carbons (Fsp3) is 0.419. The van der Waals surface area contributed by atoms with Gasteiger partial charge < -0.3 is 31.0 Å². The number of rotatable bonds is 6. The van der Waals surface area contributed by atoms with Crippen LogP contribution in [0, 0.1) is 11.8 Å². The summed E-state index contributed by atoms with van der Waals surface area (Å²) < 4.78 is 4.53. The van der Waals surface area contributed by atoms with Crippen LogP contribution in [0.2, 0.25) is 0 Å². The Balaban J connectivity index is 0.00000110. The van der Waals surface area contributed by atoms with Gasteiger partial charge in [-0.15, -0.1) is 13.2 Å². The van der Waals surface area contributed by atoms with Crippen molar-refractivity contribution in [1.29, 1.82) is 0 Å². The van der Waals surface area contributed by atoms with E-state index in [9.17, 15) is 9.59 Å². The van der Waals surface area contributed by atoms with Crippen LogP contribution in [-0.2, 0) is 9.53 Å². The van der Waals surface area contributed by atoms with Gasteiger partial charge in [0.1, 0.15) is 18.2 Å². The minimum Gasteiger partial charge on any atom is -0.453 e. The third-order valence-corrected chi connectivity index (χ3v) is 6.26. The molecule has 0 spiro atoms. The van der Waals surface area contributed by atoms with Crippen molar-refractivity contribution < 1.29 is 14.3 Å². The molecule has 2 fully saturated rings. The average molecular weight is 562 g/mol. The van der Waals surface area contributed by atoms with E-state index in [0.29, 0.717) is 12.4 Å². The fourth-order valence-corrected chi connectivity index (χ4v) is 4.37. The Bertz CT molecular complexity index is 1220. The lowest BCUT2D eigenvalue weighted by Crippen LogP contribution is -2.40. The number of H-pyrrole nitrogens is 1. The molecule has 220 valence electrons. The van der Waals surface area contributed by atoms with Crippen LogP contribution in [0.1, 0.15) is 63.4 Å². The second kappa shape index (κ2) is 18.1. The van der Waals surface area contributed by atoms with Crippen LogP contribution >= 0.6 is 0 Å². The Kier molecular flexibility index (Phi) is 14.5. The molecule has 2 atom stereocenters. The van der Waals surface area contributed by atoms with Crippen LogP contribution in [0.15, 0.2) is 60.9 Å². The number of alkyl carbamates (subject to hydrolysis) is 1. The van der Waals surface area contributed by atoms with Crippen LogP contribution < -0.4 is 16.4 Å². The summed E-state index contributed by atoms with van der Waals surface area (Å²) >= 11 is 0. The number of aromatic amines is 1. The van der Waals surface area contributed by atoms with E-state index in [1.54, 1.807) is 23.4 Å². The largest absolute Gasteiger partial charge is 0.453 e. The lowest BCUT2D eigenvalue weighted by Gasteiger charge is -2.23. The molecule has 3 heterocycles. The second-order valence-electron chi connectivity index (χ2n) is 9.34. The quantitative estimate of drug-likeness (QED) is 0.180. The van der Waals surface area contributed by atoms with Crippen molar-refractivity contribution >= 4 is 17.8 Å². The predicted molar refractivity (Wildman–Crippen MR) is 164 cm³/mol. The van der Waals surface area contributed by atoms with Crippen LogP contribution in [0.4, 0.5) is 4.79 Å². The molecule has 2 amide bonds. The van der Waals surface area contributed by atoms with Crippen LogP contribution in [0.5, 0.6) is 0 Å². The maximum absolute atomic E-state index is 12.6. The van der Waals surface area contributed by atoms with Gasteiger partial charge in [-0.1, -0.05) is 44.2 Å². The van der Waals surface area contributed by atoms with E-state index in [-0.39, 0.29) is 24.5 Å². The van der Waals surface area contributed by atoms with Gasteiger partial charge in [0, 0.05) is 24.4 Å². The second-order valence-corrected chi connectivity index (χ2v) is 9.34. The van der Waals surface area contributed by atoms with Gasteiger partial charge >= 0.3 is 6.09 Å². The minimum atomic E-state index is -0.626. The summed E-state index contributed by atoms with van der Waals surface area (Å²) in [6, 6.07) is 7.86. The van der Waals surface area contributed by atoms with Crippen molar-refractivity contribution in [3.63, 3.8) is 0 Å². The molecule has 1 aromatic carbocycles. The molecule has 0 saturated carbocycles. The molecule has 1 unspecified atom stereocenters. The zero-order valence-corrected chi connectivity index (χ0v) is 24.4. The number of nitrogens with zero attached hydrogens (tertiary/aromatic N) is 3. The summed E-state index contributed by atoms with van der Waals surface area (Å²) in [7, 11) is 1.27. The molecule has 2 aromatic rings. The first-order valence-corrected chi connectivity index (χ1v) is 14.0. The molecule has 1 aromatic heterocycles. The topological polar surface area (TPSA) is 138 Å². The van der Waals surface area contributed by atoms with Crippen molar-refractivity contribution in [2.45, 2.75) is 58.0 Å². The number of carbonyl (C=O) groups is 2. The van der Waals surface area contributed by atoms with Crippen LogP contribution in [0.25, 0.3) is 11.3 Å². The number of carbonyl (C=O) groups excluding carboxylic acids is 2. The van der Waals surface area contributed by atoms with Crippen molar-refractivity contribution in [3.8, 4) is 23.1 Å².